The summed E-state index contributed by atoms with van der Waals surface area (Å²) in [5, 5.41) is 4.59. The summed E-state index contributed by atoms with van der Waals surface area (Å²) >= 11 is 0. The zero-order valence-electron chi connectivity index (χ0n) is 19.3. The molecule has 0 bridgehead atoms. The minimum absolute atomic E-state index is 0.871. The number of hydrogen-bond donors (Lipinski definition) is 0. The average molecular weight is 461 g/mol. The first kappa shape index (κ1) is 19.4. The molecule has 36 heavy (non-hydrogen) atoms. The number of benzene rings is 5. The van der Waals surface area contributed by atoms with E-state index in [2.05, 4.69) is 124 Å². The van der Waals surface area contributed by atoms with Crippen LogP contribution in [0.3, 0.4) is 0 Å². The molecule has 0 spiro atoms. The van der Waals surface area contributed by atoms with Crippen molar-refractivity contribution in [3.8, 4) is 11.4 Å². The molecule has 0 unspecified atom stereocenters. The number of fused-ring (bicyclic) bond motifs is 7. The van der Waals surface area contributed by atoms with Gasteiger partial charge >= 0.3 is 0 Å². The standard InChI is InChI=1S/C32H20N4/c1-2-13-22(14-3-1)35-27-18-8-6-16-24(27)29-31(35)33-30-25-17-7-9-19-28(25)36(32(30)34-29)26-20-10-12-21-11-4-5-15-23(21)26/h1-20H. The molecule has 0 aliphatic heterocycles. The predicted octanol–water partition coefficient (Wildman–Crippen LogP) is 7.82. The molecule has 4 nitrogen and oxygen atoms in total. The summed E-state index contributed by atoms with van der Waals surface area (Å²) in [6.07, 6.45) is 0. The van der Waals surface area contributed by atoms with E-state index in [4.69, 9.17) is 9.97 Å². The van der Waals surface area contributed by atoms with Crippen LogP contribution in [0, 0.1) is 0 Å². The Morgan fingerprint density at radius 2 is 0.944 bits per heavy atom. The van der Waals surface area contributed by atoms with E-state index < -0.39 is 0 Å². The summed E-state index contributed by atoms with van der Waals surface area (Å²) in [6.45, 7) is 0. The Hall–Kier alpha value is -4.96. The van der Waals surface area contributed by atoms with Crippen LogP contribution < -0.4 is 0 Å². The Morgan fingerprint density at radius 3 is 1.67 bits per heavy atom. The molecule has 0 atom stereocenters. The van der Waals surface area contributed by atoms with Gasteiger partial charge in [-0.15, -0.1) is 0 Å². The maximum Gasteiger partial charge on any atom is 0.165 e. The van der Waals surface area contributed by atoms with E-state index in [9.17, 15) is 0 Å². The maximum absolute atomic E-state index is 5.35. The molecule has 168 valence electrons. The summed E-state index contributed by atoms with van der Waals surface area (Å²) < 4.78 is 4.50. The van der Waals surface area contributed by atoms with E-state index in [1.165, 1.54) is 10.8 Å². The molecule has 0 saturated heterocycles. The van der Waals surface area contributed by atoms with E-state index in [1.54, 1.807) is 0 Å². The van der Waals surface area contributed by atoms with E-state index in [1.807, 2.05) is 6.07 Å². The van der Waals surface area contributed by atoms with Gasteiger partial charge in [0.25, 0.3) is 0 Å². The van der Waals surface area contributed by atoms with Crippen LogP contribution in [0.4, 0.5) is 0 Å². The first-order valence-corrected chi connectivity index (χ1v) is 12.1. The molecule has 8 rings (SSSR count). The van der Waals surface area contributed by atoms with Crippen LogP contribution in [0.15, 0.2) is 121 Å². The zero-order chi connectivity index (χ0) is 23.6. The van der Waals surface area contributed by atoms with Crippen molar-refractivity contribution in [2.24, 2.45) is 0 Å². The monoisotopic (exact) mass is 460 g/mol. The maximum atomic E-state index is 5.35. The molecule has 0 aliphatic carbocycles. The van der Waals surface area contributed by atoms with Gasteiger partial charge in [0, 0.05) is 21.8 Å². The van der Waals surface area contributed by atoms with Gasteiger partial charge in [-0.3, -0.25) is 9.13 Å². The second kappa shape index (κ2) is 7.27. The molecule has 0 N–H and O–H groups in total. The molecular weight excluding hydrogens is 440 g/mol. The minimum atomic E-state index is 0.871. The fraction of sp³-hybridized carbons (Fsp3) is 0. The van der Waals surface area contributed by atoms with Gasteiger partial charge in [0.2, 0.25) is 0 Å². The Balaban J connectivity index is 1.58. The first-order chi connectivity index (χ1) is 17.9. The van der Waals surface area contributed by atoms with Crippen molar-refractivity contribution < 1.29 is 0 Å². The van der Waals surface area contributed by atoms with Gasteiger partial charge in [-0.1, -0.05) is 91.0 Å². The lowest BCUT2D eigenvalue weighted by atomic mass is 10.1. The van der Waals surface area contributed by atoms with E-state index in [0.29, 0.717) is 0 Å². The fourth-order valence-electron chi connectivity index (χ4n) is 5.54. The molecule has 8 aromatic rings. The van der Waals surface area contributed by atoms with Crippen LogP contribution in [0.1, 0.15) is 0 Å². The summed E-state index contributed by atoms with van der Waals surface area (Å²) in [4.78, 5) is 10.7. The summed E-state index contributed by atoms with van der Waals surface area (Å²) in [5.74, 6) is 0. The third-order valence-electron chi connectivity index (χ3n) is 7.10. The highest BCUT2D eigenvalue weighted by molar-refractivity contribution is 6.13. The molecule has 0 fully saturated rings. The SMILES string of the molecule is c1ccc(-n2c3ccccc3c3nc4c(nc32)c2ccccc2n4-c2cccc3ccccc23)cc1. The Bertz CT molecular complexity index is 2090. The highest BCUT2D eigenvalue weighted by atomic mass is 15.1. The van der Waals surface area contributed by atoms with Gasteiger partial charge < -0.3 is 0 Å². The second-order valence-electron chi connectivity index (χ2n) is 9.11. The molecule has 5 aromatic carbocycles. The lowest BCUT2D eigenvalue weighted by molar-refractivity contribution is 1.12. The largest absolute Gasteiger partial charge is 0.293 e. The lowest BCUT2D eigenvalue weighted by Gasteiger charge is -2.11. The number of hydrogen-bond acceptors (Lipinski definition) is 2. The smallest absolute Gasteiger partial charge is 0.165 e. The molecular formula is C32H20N4. The van der Waals surface area contributed by atoms with Crippen molar-refractivity contribution in [1.29, 1.82) is 0 Å². The quantitative estimate of drug-likeness (QED) is 0.264. The summed E-state index contributed by atoms with van der Waals surface area (Å²) in [5.41, 5.74) is 7.96. The van der Waals surface area contributed by atoms with Crippen molar-refractivity contribution in [3.63, 3.8) is 0 Å². The minimum Gasteiger partial charge on any atom is -0.293 e. The van der Waals surface area contributed by atoms with Crippen LogP contribution in [-0.2, 0) is 0 Å². The normalized spacial score (nSPS) is 11.9. The van der Waals surface area contributed by atoms with Gasteiger partial charge in [0.05, 0.1) is 16.7 Å². The molecule has 0 radical (unpaired) electrons. The third-order valence-corrected chi connectivity index (χ3v) is 7.10. The second-order valence-corrected chi connectivity index (χ2v) is 9.11. The van der Waals surface area contributed by atoms with Gasteiger partial charge in [-0.2, -0.15) is 0 Å². The topological polar surface area (TPSA) is 35.6 Å². The van der Waals surface area contributed by atoms with E-state index in [0.717, 1.165) is 55.5 Å². The van der Waals surface area contributed by atoms with E-state index in [-0.39, 0.29) is 0 Å². The molecule has 0 saturated carbocycles. The van der Waals surface area contributed by atoms with Crippen molar-refractivity contribution in [3.05, 3.63) is 121 Å². The highest BCUT2D eigenvalue weighted by Gasteiger charge is 2.21. The van der Waals surface area contributed by atoms with Gasteiger partial charge in [-0.05, 0) is 35.7 Å². The first-order valence-electron chi connectivity index (χ1n) is 12.1. The number of nitrogens with zero attached hydrogens (tertiary/aromatic N) is 4. The van der Waals surface area contributed by atoms with Crippen LogP contribution in [-0.4, -0.2) is 19.1 Å². The van der Waals surface area contributed by atoms with Gasteiger partial charge in [0.1, 0.15) is 11.0 Å². The lowest BCUT2D eigenvalue weighted by Crippen LogP contribution is -1.99. The van der Waals surface area contributed by atoms with E-state index >= 15 is 0 Å². The average Bonchev–Trinajstić information content (AvgIpc) is 3.44. The molecule has 4 heteroatoms. The van der Waals surface area contributed by atoms with Crippen LogP contribution in [0.5, 0.6) is 0 Å². The Kier molecular flexibility index (Phi) is 3.91. The molecule has 0 aliphatic rings. The van der Waals surface area contributed by atoms with Crippen LogP contribution >= 0.6 is 0 Å². The van der Waals surface area contributed by atoms with Gasteiger partial charge in [0.15, 0.2) is 11.3 Å². The molecule has 3 aromatic heterocycles. The third kappa shape index (κ3) is 2.58. The number of aromatic nitrogens is 4. The van der Waals surface area contributed by atoms with Crippen molar-refractivity contribution in [2.75, 3.05) is 0 Å². The fourth-order valence-corrected chi connectivity index (χ4v) is 5.54. The van der Waals surface area contributed by atoms with Crippen LogP contribution in [0.25, 0.3) is 66.3 Å². The van der Waals surface area contributed by atoms with Crippen molar-refractivity contribution >= 4 is 54.9 Å². The number of para-hydroxylation sites is 3. The molecule has 3 heterocycles. The van der Waals surface area contributed by atoms with Gasteiger partial charge in [-0.25, -0.2) is 9.97 Å². The molecule has 0 amide bonds. The Labute approximate surface area is 206 Å². The summed E-state index contributed by atoms with van der Waals surface area (Å²) in [6, 6.07) is 42.3. The summed E-state index contributed by atoms with van der Waals surface area (Å²) in [7, 11) is 0. The van der Waals surface area contributed by atoms with Crippen LogP contribution in [0.2, 0.25) is 0 Å². The highest BCUT2D eigenvalue weighted by Crippen LogP contribution is 2.36. The Morgan fingerprint density at radius 1 is 0.417 bits per heavy atom. The van der Waals surface area contributed by atoms with Crippen molar-refractivity contribution in [2.45, 2.75) is 0 Å². The zero-order valence-corrected chi connectivity index (χ0v) is 19.3. The predicted molar refractivity (Wildman–Crippen MR) is 148 cm³/mol. The van der Waals surface area contributed by atoms with Crippen molar-refractivity contribution in [1.82, 2.24) is 19.1 Å². The number of rotatable bonds is 2.